The molecule has 0 saturated heterocycles. The minimum absolute atomic E-state index is 0.149. The number of nitrogens with one attached hydrogen (secondary N) is 1. The fourth-order valence-corrected chi connectivity index (χ4v) is 1.46. The third kappa shape index (κ3) is 5.78. The van der Waals surface area contributed by atoms with Gasteiger partial charge in [-0.2, -0.15) is 0 Å². The van der Waals surface area contributed by atoms with Gasteiger partial charge in [-0.05, 0) is 26.7 Å². The molecule has 0 aromatic carbocycles. The van der Waals surface area contributed by atoms with Crippen LogP contribution in [0.4, 0.5) is 0 Å². The van der Waals surface area contributed by atoms with Crippen molar-refractivity contribution < 1.29 is 4.79 Å². The van der Waals surface area contributed by atoms with E-state index in [4.69, 9.17) is 5.73 Å². The van der Waals surface area contributed by atoms with Crippen molar-refractivity contribution in [2.24, 2.45) is 11.7 Å². The van der Waals surface area contributed by atoms with Crippen molar-refractivity contribution in [2.45, 2.75) is 58.9 Å². The van der Waals surface area contributed by atoms with E-state index in [1.807, 2.05) is 13.8 Å². The van der Waals surface area contributed by atoms with Gasteiger partial charge in [0.15, 0.2) is 0 Å². The second-order valence-corrected chi connectivity index (χ2v) is 4.82. The van der Waals surface area contributed by atoms with Crippen molar-refractivity contribution in [3.8, 4) is 0 Å². The quantitative estimate of drug-likeness (QED) is 0.681. The van der Waals surface area contributed by atoms with Crippen LogP contribution in [-0.4, -0.2) is 18.0 Å². The summed E-state index contributed by atoms with van der Waals surface area (Å²) in [5.74, 6) is 0.303. The number of unbranched alkanes of at least 4 members (excludes halogenated alkanes) is 1. The van der Waals surface area contributed by atoms with Gasteiger partial charge in [-0.1, -0.05) is 26.7 Å². The van der Waals surface area contributed by atoms with E-state index in [9.17, 15) is 4.79 Å². The lowest BCUT2D eigenvalue weighted by molar-refractivity contribution is -0.126. The molecule has 0 spiro atoms. The molecule has 0 aliphatic carbocycles. The molecule has 1 amide bonds. The lowest BCUT2D eigenvalue weighted by atomic mass is 9.96. The van der Waals surface area contributed by atoms with E-state index in [1.165, 1.54) is 0 Å². The molecule has 0 bridgehead atoms. The van der Waals surface area contributed by atoms with Crippen LogP contribution in [0.3, 0.4) is 0 Å². The molecule has 0 fully saturated rings. The highest BCUT2D eigenvalue weighted by atomic mass is 16.2. The van der Waals surface area contributed by atoms with E-state index in [-0.39, 0.29) is 17.4 Å². The maximum Gasteiger partial charge on any atom is 0.223 e. The van der Waals surface area contributed by atoms with Crippen molar-refractivity contribution in [3.05, 3.63) is 0 Å². The fourth-order valence-electron chi connectivity index (χ4n) is 1.46. The number of hydrogen-bond acceptors (Lipinski definition) is 2. The van der Waals surface area contributed by atoms with Gasteiger partial charge in [0.25, 0.3) is 0 Å². The van der Waals surface area contributed by atoms with E-state index in [0.717, 1.165) is 25.7 Å². The zero-order valence-electron chi connectivity index (χ0n) is 10.6. The molecular weight excluding hydrogens is 188 g/mol. The summed E-state index contributed by atoms with van der Waals surface area (Å²) in [7, 11) is 0. The van der Waals surface area contributed by atoms with Crippen LogP contribution in [0.1, 0.15) is 53.4 Å². The zero-order chi connectivity index (χ0) is 11.9. The van der Waals surface area contributed by atoms with Crippen molar-refractivity contribution >= 4 is 5.91 Å². The number of nitrogens with two attached hydrogens (primary N) is 1. The number of hydrogen-bond donors (Lipinski definition) is 2. The second-order valence-electron chi connectivity index (χ2n) is 4.82. The molecule has 3 N–H and O–H groups in total. The molecule has 1 atom stereocenters. The SMILES string of the molecule is CCCCC(CC)C(=O)NC(C)(C)CN. The Balaban J connectivity index is 4.15. The topological polar surface area (TPSA) is 55.1 Å². The van der Waals surface area contributed by atoms with Crippen molar-refractivity contribution in [2.75, 3.05) is 6.54 Å². The fraction of sp³-hybridized carbons (Fsp3) is 0.917. The normalized spacial score (nSPS) is 13.7. The molecule has 90 valence electrons. The maximum absolute atomic E-state index is 11.9. The van der Waals surface area contributed by atoms with Crippen molar-refractivity contribution in [1.29, 1.82) is 0 Å². The maximum atomic E-state index is 11.9. The second kappa shape index (κ2) is 6.83. The third-order valence-electron chi connectivity index (χ3n) is 2.74. The van der Waals surface area contributed by atoms with Crippen LogP contribution >= 0.6 is 0 Å². The average Bonchev–Trinajstić information content (AvgIpc) is 2.18. The van der Waals surface area contributed by atoms with Gasteiger partial charge in [0.2, 0.25) is 5.91 Å². The van der Waals surface area contributed by atoms with E-state index < -0.39 is 0 Å². The largest absolute Gasteiger partial charge is 0.350 e. The van der Waals surface area contributed by atoms with Crippen LogP contribution in [0, 0.1) is 5.92 Å². The van der Waals surface area contributed by atoms with Crippen LogP contribution < -0.4 is 11.1 Å². The molecule has 0 aliphatic heterocycles. The Morgan fingerprint density at radius 1 is 1.40 bits per heavy atom. The highest BCUT2D eigenvalue weighted by Gasteiger charge is 2.23. The number of amides is 1. The summed E-state index contributed by atoms with van der Waals surface area (Å²) >= 11 is 0. The summed E-state index contributed by atoms with van der Waals surface area (Å²) in [6.45, 7) is 8.60. The van der Waals surface area contributed by atoms with Crippen molar-refractivity contribution in [1.82, 2.24) is 5.32 Å². The Morgan fingerprint density at radius 2 is 2.00 bits per heavy atom. The molecule has 1 unspecified atom stereocenters. The van der Waals surface area contributed by atoms with E-state index in [1.54, 1.807) is 0 Å². The minimum Gasteiger partial charge on any atom is -0.350 e. The lowest BCUT2D eigenvalue weighted by Crippen LogP contribution is -2.50. The summed E-state index contributed by atoms with van der Waals surface area (Å²) < 4.78 is 0. The monoisotopic (exact) mass is 214 g/mol. The predicted octanol–water partition coefficient (Wildman–Crippen LogP) is 2.06. The molecule has 3 nitrogen and oxygen atoms in total. The standard InChI is InChI=1S/C12H26N2O/c1-5-7-8-10(6-2)11(15)14-12(3,4)9-13/h10H,5-9,13H2,1-4H3,(H,14,15). The minimum atomic E-state index is -0.281. The van der Waals surface area contributed by atoms with Crippen LogP contribution in [-0.2, 0) is 4.79 Å². The summed E-state index contributed by atoms with van der Waals surface area (Å²) in [6, 6.07) is 0. The summed E-state index contributed by atoms with van der Waals surface area (Å²) in [6.07, 6.45) is 4.16. The first-order chi connectivity index (χ1) is 6.96. The molecule has 0 aliphatic rings. The molecule has 15 heavy (non-hydrogen) atoms. The Morgan fingerprint density at radius 3 is 2.40 bits per heavy atom. The first-order valence-electron chi connectivity index (χ1n) is 5.99. The first-order valence-corrected chi connectivity index (χ1v) is 5.99. The van der Waals surface area contributed by atoms with Gasteiger partial charge in [0.05, 0.1) is 0 Å². The molecular formula is C12H26N2O. The van der Waals surface area contributed by atoms with Crippen LogP contribution in [0.2, 0.25) is 0 Å². The molecule has 0 saturated carbocycles. The summed E-state index contributed by atoms with van der Waals surface area (Å²) in [5, 5.41) is 3.00. The van der Waals surface area contributed by atoms with Gasteiger partial charge >= 0.3 is 0 Å². The van der Waals surface area contributed by atoms with E-state index in [0.29, 0.717) is 6.54 Å². The molecule has 0 aromatic rings. The number of carbonyl (C=O) groups excluding carboxylic acids is 1. The van der Waals surface area contributed by atoms with Crippen LogP contribution in [0.5, 0.6) is 0 Å². The highest BCUT2D eigenvalue weighted by molar-refractivity contribution is 5.79. The van der Waals surface area contributed by atoms with Gasteiger partial charge in [0.1, 0.15) is 0 Å². The van der Waals surface area contributed by atoms with Gasteiger partial charge in [0, 0.05) is 18.0 Å². The smallest absolute Gasteiger partial charge is 0.223 e. The van der Waals surface area contributed by atoms with Crippen LogP contribution in [0.15, 0.2) is 0 Å². The van der Waals surface area contributed by atoms with E-state index >= 15 is 0 Å². The average molecular weight is 214 g/mol. The van der Waals surface area contributed by atoms with Gasteiger partial charge < -0.3 is 11.1 Å². The lowest BCUT2D eigenvalue weighted by Gasteiger charge is -2.27. The molecule has 0 heterocycles. The van der Waals surface area contributed by atoms with Gasteiger partial charge in [-0.15, -0.1) is 0 Å². The highest BCUT2D eigenvalue weighted by Crippen LogP contribution is 2.14. The zero-order valence-corrected chi connectivity index (χ0v) is 10.6. The Hall–Kier alpha value is -0.570. The molecule has 0 radical (unpaired) electrons. The molecule has 0 rings (SSSR count). The first kappa shape index (κ1) is 14.4. The Kier molecular flexibility index (Phi) is 6.57. The summed E-state index contributed by atoms with van der Waals surface area (Å²) in [4.78, 5) is 11.9. The third-order valence-corrected chi connectivity index (χ3v) is 2.74. The van der Waals surface area contributed by atoms with Crippen molar-refractivity contribution in [3.63, 3.8) is 0 Å². The number of rotatable bonds is 7. The summed E-state index contributed by atoms with van der Waals surface area (Å²) in [5.41, 5.74) is 5.30. The number of carbonyl (C=O) groups is 1. The van der Waals surface area contributed by atoms with E-state index in [2.05, 4.69) is 19.2 Å². The van der Waals surface area contributed by atoms with Gasteiger partial charge in [-0.25, -0.2) is 0 Å². The molecule has 0 aromatic heterocycles. The Bertz CT molecular complexity index is 190. The van der Waals surface area contributed by atoms with Gasteiger partial charge in [-0.3, -0.25) is 4.79 Å². The predicted molar refractivity (Wildman–Crippen MR) is 64.6 cm³/mol. The Labute approximate surface area is 93.8 Å². The molecule has 3 heteroatoms. The van der Waals surface area contributed by atoms with Crippen LogP contribution in [0.25, 0.3) is 0 Å².